The minimum atomic E-state index is -0.444. The molecule has 0 atom stereocenters. The summed E-state index contributed by atoms with van der Waals surface area (Å²) in [6.45, 7) is 0. The normalized spacial score (nSPS) is 10.1. The molecule has 1 heterocycles. The van der Waals surface area contributed by atoms with Gasteiger partial charge in [-0.3, -0.25) is 4.98 Å². The second-order valence-electron chi connectivity index (χ2n) is 3.14. The lowest BCUT2D eigenvalue weighted by Crippen LogP contribution is -2.02. The van der Waals surface area contributed by atoms with Gasteiger partial charge in [0.05, 0.1) is 23.9 Å². The van der Waals surface area contributed by atoms with Crippen LogP contribution in [0.3, 0.4) is 0 Å². The predicted octanol–water partition coefficient (Wildman–Crippen LogP) is 2.68. The van der Waals surface area contributed by atoms with Crippen LogP contribution < -0.4 is 0 Å². The number of methoxy groups -OCH3 is 1. The van der Waals surface area contributed by atoms with Crippen LogP contribution in [0, 0.1) is 5.53 Å². The van der Waals surface area contributed by atoms with E-state index in [1.54, 1.807) is 24.3 Å². The lowest BCUT2D eigenvalue weighted by molar-refractivity contribution is 0.0603. The second-order valence-corrected chi connectivity index (χ2v) is 3.14. The van der Waals surface area contributed by atoms with Crippen molar-refractivity contribution in [1.82, 2.24) is 4.98 Å². The van der Waals surface area contributed by atoms with E-state index >= 15 is 0 Å². The van der Waals surface area contributed by atoms with Crippen LogP contribution in [0.4, 0.5) is 5.69 Å². The molecule has 0 bridgehead atoms. The highest BCUT2D eigenvalue weighted by Crippen LogP contribution is 2.26. The number of hydrogen-bond donors (Lipinski definition) is 1. The molecule has 0 amide bonds. The molecule has 0 radical (unpaired) electrons. The van der Waals surface area contributed by atoms with Crippen LogP contribution in [0.25, 0.3) is 10.9 Å². The Morgan fingerprint density at radius 1 is 1.44 bits per heavy atom. The molecule has 5 nitrogen and oxygen atoms in total. The van der Waals surface area contributed by atoms with Gasteiger partial charge in [0.25, 0.3) is 0 Å². The Balaban J connectivity index is 2.78. The summed E-state index contributed by atoms with van der Waals surface area (Å²) < 4.78 is 4.66. The number of fused-ring (bicyclic) bond motifs is 1. The molecule has 0 unspecified atom stereocenters. The topological polar surface area (TPSA) is 75.4 Å². The third-order valence-corrected chi connectivity index (χ3v) is 2.27. The number of nitrogens with one attached hydrogen (secondary N) is 1. The smallest absolute Gasteiger partial charge is 0.340 e. The van der Waals surface area contributed by atoms with E-state index in [0.29, 0.717) is 22.2 Å². The van der Waals surface area contributed by atoms with E-state index in [2.05, 4.69) is 14.8 Å². The predicted molar refractivity (Wildman–Crippen MR) is 57.9 cm³/mol. The van der Waals surface area contributed by atoms with Gasteiger partial charge in [0.1, 0.15) is 0 Å². The van der Waals surface area contributed by atoms with Crippen molar-refractivity contribution in [2.75, 3.05) is 7.11 Å². The summed E-state index contributed by atoms with van der Waals surface area (Å²) in [6, 6.07) is 6.73. The number of carbonyl (C=O) groups excluding carboxylic acids is 1. The van der Waals surface area contributed by atoms with Gasteiger partial charge in [0.15, 0.2) is 0 Å². The molecule has 0 saturated carbocycles. The van der Waals surface area contributed by atoms with Crippen LogP contribution in [0.15, 0.2) is 35.6 Å². The van der Waals surface area contributed by atoms with Crippen molar-refractivity contribution in [1.29, 1.82) is 5.53 Å². The zero-order chi connectivity index (χ0) is 11.5. The molecule has 2 aromatic rings. The number of nitrogens with zero attached hydrogens (tertiary/aromatic N) is 2. The number of ether oxygens (including phenoxy) is 1. The standard InChI is InChI=1S/C11H9N3O2/c1-16-11(15)8-4-2-3-7-9(14-12)5-6-13-10(7)8/h2-6,12H,1H3. The number of esters is 1. The quantitative estimate of drug-likeness (QED) is 0.618. The maximum atomic E-state index is 11.5. The molecule has 0 aliphatic carbocycles. The molecule has 5 heteroatoms. The van der Waals surface area contributed by atoms with E-state index in [1.807, 2.05) is 0 Å². The van der Waals surface area contributed by atoms with E-state index in [1.165, 1.54) is 13.3 Å². The maximum absolute atomic E-state index is 11.5. The Kier molecular flexibility index (Phi) is 2.59. The van der Waals surface area contributed by atoms with Crippen molar-refractivity contribution in [3.63, 3.8) is 0 Å². The van der Waals surface area contributed by atoms with Gasteiger partial charge in [0, 0.05) is 11.6 Å². The van der Waals surface area contributed by atoms with Crippen molar-refractivity contribution in [2.45, 2.75) is 0 Å². The third kappa shape index (κ3) is 1.52. The lowest BCUT2D eigenvalue weighted by Gasteiger charge is -2.04. The molecule has 0 aliphatic heterocycles. The van der Waals surface area contributed by atoms with Crippen LogP contribution in [-0.2, 0) is 4.74 Å². The SMILES string of the molecule is COC(=O)c1cccc2c(N=N)ccnc12. The molecule has 1 aromatic heterocycles. The van der Waals surface area contributed by atoms with Crippen LogP contribution in [-0.4, -0.2) is 18.1 Å². The molecule has 1 aromatic carbocycles. The van der Waals surface area contributed by atoms with Crippen molar-refractivity contribution in [3.8, 4) is 0 Å². The van der Waals surface area contributed by atoms with Crippen molar-refractivity contribution in [2.24, 2.45) is 5.11 Å². The van der Waals surface area contributed by atoms with E-state index in [-0.39, 0.29) is 0 Å². The summed E-state index contributed by atoms with van der Waals surface area (Å²) in [5.74, 6) is -0.444. The van der Waals surface area contributed by atoms with Crippen LogP contribution in [0.5, 0.6) is 0 Å². The Labute approximate surface area is 91.6 Å². The molecular weight excluding hydrogens is 206 g/mol. The van der Waals surface area contributed by atoms with Gasteiger partial charge in [-0.15, -0.1) is 0 Å². The van der Waals surface area contributed by atoms with Crippen LogP contribution >= 0.6 is 0 Å². The lowest BCUT2D eigenvalue weighted by atomic mass is 10.1. The summed E-state index contributed by atoms with van der Waals surface area (Å²) in [5.41, 5.74) is 8.39. The van der Waals surface area contributed by atoms with Gasteiger partial charge >= 0.3 is 5.97 Å². The Bertz CT molecular complexity index is 566. The summed E-state index contributed by atoms with van der Waals surface area (Å²) in [6.07, 6.45) is 1.52. The van der Waals surface area contributed by atoms with E-state index in [0.717, 1.165) is 0 Å². The molecule has 0 saturated heterocycles. The monoisotopic (exact) mass is 215 g/mol. The van der Waals surface area contributed by atoms with Crippen molar-refractivity contribution >= 4 is 22.6 Å². The number of pyridine rings is 1. The number of carbonyl (C=O) groups is 1. The number of hydrogen-bond acceptors (Lipinski definition) is 5. The average Bonchev–Trinajstić information content (AvgIpc) is 2.36. The highest BCUT2D eigenvalue weighted by Gasteiger charge is 2.12. The molecule has 0 spiro atoms. The highest BCUT2D eigenvalue weighted by molar-refractivity contribution is 6.05. The van der Waals surface area contributed by atoms with Crippen molar-refractivity contribution in [3.05, 3.63) is 36.0 Å². The first-order valence-corrected chi connectivity index (χ1v) is 4.61. The van der Waals surface area contributed by atoms with E-state index in [9.17, 15) is 4.79 Å². The van der Waals surface area contributed by atoms with Crippen LogP contribution in [0.2, 0.25) is 0 Å². The largest absolute Gasteiger partial charge is 0.465 e. The number of rotatable bonds is 2. The number of benzene rings is 1. The highest BCUT2D eigenvalue weighted by atomic mass is 16.5. The molecule has 1 N–H and O–H groups in total. The Morgan fingerprint density at radius 2 is 2.25 bits per heavy atom. The first-order valence-electron chi connectivity index (χ1n) is 4.61. The molecule has 16 heavy (non-hydrogen) atoms. The molecule has 0 fully saturated rings. The first-order chi connectivity index (χ1) is 7.77. The van der Waals surface area contributed by atoms with Gasteiger partial charge in [0.2, 0.25) is 0 Å². The van der Waals surface area contributed by atoms with E-state index < -0.39 is 5.97 Å². The second kappa shape index (κ2) is 4.06. The number of para-hydroxylation sites is 1. The first kappa shape index (κ1) is 10.2. The number of aromatic nitrogens is 1. The Hall–Kier alpha value is -2.30. The minimum absolute atomic E-state index is 0.380. The van der Waals surface area contributed by atoms with Crippen molar-refractivity contribution < 1.29 is 9.53 Å². The average molecular weight is 215 g/mol. The van der Waals surface area contributed by atoms with Gasteiger partial charge in [-0.1, -0.05) is 12.1 Å². The fourth-order valence-corrected chi connectivity index (χ4v) is 1.53. The zero-order valence-corrected chi connectivity index (χ0v) is 8.60. The summed E-state index contributed by atoms with van der Waals surface area (Å²) in [4.78, 5) is 15.6. The summed E-state index contributed by atoms with van der Waals surface area (Å²) in [7, 11) is 1.32. The molecule has 80 valence electrons. The summed E-state index contributed by atoms with van der Waals surface area (Å²) >= 11 is 0. The maximum Gasteiger partial charge on any atom is 0.340 e. The Morgan fingerprint density at radius 3 is 2.94 bits per heavy atom. The zero-order valence-electron chi connectivity index (χ0n) is 8.60. The van der Waals surface area contributed by atoms with Gasteiger partial charge in [-0.2, -0.15) is 5.11 Å². The van der Waals surface area contributed by atoms with Gasteiger partial charge in [-0.25, -0.2) is 10.3 Å². The molecule has 0 aliphatic rings. The van der Waals surface area contributed by atoms with Gasteiger partial charge < -0.3 is 4.74 Å². The van der Waals surface area contributed by atoms with Crippen LogP contribution in [0.1, 0.15) is 10.4 Å². The summed E-state index contributed by atoms with van der Waals surface area (Å²) in [5, 5.41) is 4.05. The minimum Gasteiger partial charge on any atom is -0.465 e. The third-order valence-electron chi connectivity index (χ3n) is 2.27. The molecular formula is C11H9N3O2. The van der Waals surface area contributed by atoms with Gasteiger partial charge in [-0.05, 0) is 12.1 Å². The fourth-order valence-electron chi connectivity index (χ4n) is 1.53. The van der Waals surface area contributed by atoms with E-state index in [4.69, 9.17) is 5.53 Å². The molecule has 2 rings (SSSR count). The fraction of sp³-hybridized carbons (Fsp3) is 0.0909.